The van der Waals surface area contributed by atoms with Crippen molar-refractivity contribution >= 4 is 34.8 Å². The second-order valence-electron chi connectivity index (χ2n) is 5.10. The number of ether oxygens (including phenoxy) is 1. The highest BCUT2D eigenvalue weighted by Crippen LogP contribution is 2.24. The number of carbonyl (C=O) groups excluding carboxylic acids is 2. The molecule has 0 atom stereocenters. The van der Waals surface area contributed by atoms with Crippen LogP contribution in [0.25, 0.3) is 0 Å². The second kappa shape index (κ2) is 7.63. The van der Waals surface area contributed by atoms with Crippen molar-refractivity contribution in [2.24, 2.45) is 5.73 Å². The first-order valence-electron chi connectivity index (χ1n) is 7.05. The predicted molar refractivity (Wildman–Crippen MR) is 91.9 cm³/mol. The molecule has 2 aromatic rings. The number of nitrogens with zero attached hydrogens (tertiary/aromatic N) is 1. The van der Waals surface area contributed by atoms with Crippen molar-refractivity contribution in [3.63, 3.8) is 0 Å². The van der Waals surface area contributed by atoms with Crippen molar-refractivity contribution in [1.29, 1.82) is 0 Å². The number of nitro benzene ring substituents is 1. The van der Waals surface area contributed by atoms with Crippen LogP contribution < -0.4 is 15.8 Å². The van der Waals surface area contributed by atoms with Crippen LogP contribution in [0, 0.1) is 17.0 Å². The van der Waals surface area contributed by atoms with Crippen molar-refractivity contribution in [2.75, 3.05) is 11.9 Å². The molecule has 0 spiro atoms. The number of benzene rings is 2. The molecule has 0 aliphatic carbocycles. The number of non-ortho nitro benzene ring substituents is 1. The van der Waals surface area contributed by atoms with E-state index in [0.717, 1.165) is 0 Å². The van der Waals surface area contributed by atoms with E-state index >= 15 is 0 Å². The topological polar surface area (TPSA) is 125 Å². The SMILES string of the molecule is Cc1ccc([N+](=O)[O-])cc1NC(=O)COc1cc(Cl)ccc1C(N)=O. The van der Waals surface area contributed by atoms with E-state index in [1.807, 2.05) is 0 Å². The van der Waals surface area contributed by atoms with E-state index in [1.165, 1.54) is 36.4 Å². The van der Waals surface area contributed by atoms with Crippen molar-refractivity contribution in [3.05, 3.63) is 62.7 Å². The Kier molecular flexibility index (Phi) is 5.56. The minimum absolute atomic E-state index is 0.0749. The molecule has 0 heterocycles. The number of aryl methyl sites for hydroxylation is 1. The first-order chi connectivity index (χ1) is 11.8. The fraction of sp³-hybridized carbons (Fsp3) is 0.125. The van der Waals surface area contributed by atoms with Crippen molar-refractivity contribution in [1.82, 2.24) is 0 Å². The van der Waals surface area contributed by atoms with Crippen LogP contribution >= 0.6 is 11.6 Å². The number of amides is 2. The fourth-order valence-electron chi connectivity index (χ4n) is 2.01. The third kappa shape index (κ3) is 4.67. The number of carbonyl (C=O) groups is 2. The summed E-state index contributed by atoms with van der Waals surface area (Å²) in [5.74, 6) is -1.20. The summed E-state index contributed by atoms with van der Waals surface area (Å²) in [6, 6.07) is 8.35. The maximum Gasteiger partial charge on any atom is 0.271 e. The minimum atomic E-state index is -0.721. The Morgan fingerprint density at radius 1 is 1.28 bits per heavy atom. The summed E-state index contributed by atoms with van der Waals surface area (Å²) in [5, 5.41) is 13.6. The van der Waals surface area contributed by atoms with Gasteiger partial charge in [0.2, 0.25) is 0 Å². The highest BCUT2D eigenvalue weighted by molar-refractivity contribution is 6.30. The molecule has 2 rings (SSSR count). The molecule has 0 saturated carbocycles. The van der Waals surface area contributed by atoms with Crippen molar-refractivity contribution in [2.45, 2.75) is 6.92 Å². The highest BCUT2D eigenvalue weighted by Gasteiger charge is 2.14. The van der Waals surface area contributed by atoms with Crippen LogP contribution in [0.3, 0.4) is 0 Å². The lowest BCUT2D eigenvalue weighted by atomic mass is 10.2. The molecule has 0 saturated heterocycles. The summed E-state index contributed by atoms with van der Waals surface area (Å²) in [7, 11) is 0. The Balaban J connectivity index is 2.09. The molecule has 0 aliphatic rings. The lowest BCUT2D eigenvalue weighted by Crippen LogP contribution is -2.22. The lowest BCUT2D eigenvalue weighted by molar-refractivity contribution is -0.384. The third-order valence-electron chi connectivity index (χ3n) is 3.27. The van der Waals surface area contributed by atoms with E-state index < -0.39 is 23.3 Å². The van der Waals surface area contributed by atoms with Crippen LogP contribution in [0.15, 0.2) is 36.4 Å². The van der Waals surface area contributed by atoms with Crippen LogP contribution in [0.2, 0.25) is 5.02 Å². The number of primary amides is 1. The molecule has 2 aromatic carbocycles. The van der Waals surface area contributed by atoms with E-state index in [2.05, 4.69) is 5.32 Å². The largest absolute Gasteiger partial charge is 0.483 e. The van der Waals surface area contributed by atoms with Gasteiger partial charge in [-0.1, -0.05) is 17.7 Å². The van der Waals surface area contributed by atoms with Crippen LogP contribution in [-0.2, 0) is 4.79 Å². The molecule has 9 heteroatoms. The van der Waals surface area contributed by atoms with E-state index in [9.17, 15) is 19.7 Å². The standard InChI is InChI=1S/C16H14ClN3O5/c1-9-2-4-11(20(23)24)7-13(9)19-15(21)8-25-14-6-10(17)3-5-12(14)16(18)22/h2-7H,8H2,1H3,(H2,18,22)(H,19,21). The zero-order chi connectivity index (χ0) is 18.6. The van der Waals surface area contributed by atoms with E-state index in [-0.39, 0.29) is 17.0 Å². The number of nitro groups is 1. The molecule has 0 aliphatic heterocycles. The van der Waals surface area contributed by atoms with Gasteiger partial charge in [0, 0.05) is 17.2 Å². The van der Waals surface area contributed by atoms with Gasteiger partial charge in [-0.05, 0) is 30.7 Å². The van der Waals surface area contributed by atoms with Crippen LogP contribution in [-0.4, -0.2) is 23.3 Å². The molecule has 0 bridgehead atoms. The number of nitrogens with two attached hydrogens (primary N) is 1. The lowest BCUT2D eigenvalue weighted by Gasteiger charge is -2.11. The number of halogens is 1. The molecule has 0 radical (unpaired) electrons. The minimum Gasteiger partial charge on any atom is -0.483 e. The average Bonchev–Trinajstić information content (AvgIpc) is 2.54. The van der Waals surface area contributed by atoms with E-state index in [1.54, 1.807) is 6.92 Å². The Morgan fingerprint density at radius 3 is 2.64 bits per heavy atom. The van der Waals surface area contributed by atoms with E-state index in [4.69, 9.17) is 22.1 Å². The van der Waals surface area contributed by atoms with Gasteiger partial charge < -0.3 is 15.8 Å². The van der Waals surface area contributed by atoms with Gasteiger partial charge in [0.05, 0.1) is 16.2 Å². The van der Waals surface area contributed by atoms with Gasteiger partial charge >= 0.3 is 0 Å². The number of hydrogen-bond donors (Lipinski definition) is 2. The van der Waals surface area contributed by atoms with Gasteiger partial charge in [0.25, 0.3) is 17.5 Å². The van der Waals surface area contributed by atoms with Crippen LogP contribution in [0.1, 0.15) is 15.9 Å². The normalized spacial score (nSPS) is 10.2. The molecule has 130 valence electrons. The summed E-state index contributed by atoms with van der Waals surface area (Å²) in [4.78, 5) is 33.6. The summed E-state index contributed by atoms with van der Waals surface area (Å²) in [6.45, 7) is 1.27. The Hall–Kier alpha value is -3.13. The molecule has 0 aromatic heterocycles. The summed E-state index contributed by atoms with van der Waals surface area (Å²) < 4.78 is 5.30. The third-order valence-corrected chi connectivity index (χ3v) is 3.51. The first-order valence-corrected chi connectivity index (χ1v) is 7.43. The van der Waals surface area contributed by atoms with Gasteiger partial charge in [0.1, 0.15) is 5.75 Å². The molecule has 0 unspecified atom stereocenters. The Morgan fingerprint density at radius 2 is 2.00 bits per heavy atom. The van der Waals surface area contributed by atoms with Crippen LogP contribution in [0.4, 0.5) is 11.4 Å². The van der Waals surface area contributed by atoms with Crippen molar-refractivity contribution < 1.29 is 19.2 Å². The zero-order valence-electron chi connectivity index (χ0n) is 13.1. The number of anilines is 1. The quantitative estimate of drug-likeness (QED) is 0.603. The predicted octanol–water partition coefficient (Wildman–Crippen LogP) is 2.67. The summed E-state index contributed by atoms with van der Waals surface area (Å²) in [6.07, 6.45) is 0. The molecule has 25 heavy (non-hydrogen) atoms. The van der Waals surface area contributed by atoms with E-state index in [0.29, 0.717) is 16.3 Å². The molecule has 8 nitrogen and oxygen atoms in total. The zero-order valence-corrected chi connectivity index (χ0v) is 13.9. The Bertz CT molecular complexity index is 854. The number of hydrogen-bond acceptors (Lipinski definition) is 5. The molecule has 3 N–H and O–H groups in total. The van der Waals surface area contributed by atoms with Gasteiger partial charge in [0.15, 0.2) is 6.61 Å². The van der Waals surface area contributed by atoms with Gasteiger partial charge in [-0.25, -0.2) is 0 Å². The molecular formula is C16H14ClN3O5. The summed E-state index contributed by atoms with van der Waals surface area (Å²) in [5.41, 5.74) is 6.12. The summed E-state index contributed by atoms with van der Waals surface area (Å²) >= 11 is 5.84. The maximum atomic E-state index is 12.0. The highest BCUT2D eigenvalue weighted by atomic mass is 35.5. The Labute approximate surface area is 147 Å². The van der Waals surface area contributed by atoms with Gasteiger partial charge in [-0.2, -0.15) is 0 Å². The average molecular weight is 364 g/mol. The number of rotatable bonds is 6. The smallest absolute Gasteiger partial charge is 0.271 e. The number of nitrogens with one attached hydrogen (secondary N) is 1. The van der Waals surface area contributed by atoms with Crippen LogP contribution in [0.5, 0.6) is 5.75 Å². The molecule has 2 amide bonds. The molecule has 0 fully saturated rings. The monoisotopic (exact) mass is 363 g/mol. The first kappa shape index (κ1) is 18.2. The van der Waals surface area contributed by atoms with Gasteiger partial charge in [-0.3, -0.25) is 19.7 Å². The van der Waals surface area contributed by atoms with Crippen molar-refractivity contribution in [3.8, 4) is 5.75 Å². The maximum absolute atomic E-state index is 12.0. The second-order valence-corrected chi connectivity index (χ2v) is 5.53. The molecular weight excluding hydrogens is 350 g/mol. The fourth-order valence-corrected chi connectivity index (χ4v) is 2.17. The van der Waals surface area contributed by atoms with Gasteiger partial charge in [-0.15, -0.1) is 0 Å².